The van der Waals surface area contributed by atoms with Crippen molar-refractivity contribution in [2.45, 2.75) is 34.7 Å². The van der Waals surface area contributed by atoms with Gasteiger partial charge in [-0.15, -0.1) is 0 Å². The van der Waals surface area contributed by atoms with Crippen LogP contribution in [0.5, 0.6) is 0 Å². The molecule has 3 N–H and O–H groups in total. The Morgan fingerprint density at radius 1 is 1.30 bits per heavy atom. The molecule has 1 saturated carbocycles. The lowest BCUT2D eigenvalue weighted by atomic mass is 9.78. The lowest BCUT2D eigenvalue weighted by Crippen LogP contribution is -2.54. The maximum atomic E-state index is 12.0. The number of sulfone groups is 1. The van der Waals surface area contributed by atoms with Crippen LogP contribution < -0.4 is 10.5 Å². The number of nitrogens with zero attached hydrogens (tertiary/aromatic N) is 1. The highest BCUT2D eigenvalue weighted by Crippen LogP contribution is 2.28. The van der Waals surface area contributed by atoms with Gasteiger partial charge in [0.15, 0.2) is 14.9 Å². The minimum atomic E-state index is -3.72. The molecule has 0 unspecified atom stereocenters. The zero-order valence-electron chi connectivity index (χ0n) is 11.0. The summed E-state index contributed by atoms with van der Waals surface area (Å²) in [6.07, 6.45) is 4.63. The van der Waals surface area contributed by atoms with Gasteiger partial charge in [0.25, 0.3) is 0 Å². The van der Waals surface area contributed by atoms with Crippen molar-refractivity contribution in [1.29, 1.82) is 0 Å². The molecule has 1 heterocycles. The van der Waals surface area contributed by atoms with E-state index in [0.29, 0.717) is 0 Å². The summed E-state index contributed by atoms with van der Waals surface area (Å²) in [5, 5.41) is -0.161. The quantitative estimate of drug-likeness (QED) is 0.765. The Labute approximate surface area is 118 Å². The van der Waals surface area contributed by atoms with E-state index in [9.17, 15) is 16.8 Å². The second kappa shape index (κ2) is 5.06. The molecular formula is C11H17N3O4S2. The van der Waals surface area contributed by atoms with E-state index in [1.54, 1.807) is 0 Å². The molecule has 1 fully saturated rings. The fourth-order valence-corrected chi connectivity index (χ4v) is 3.52. The standard InChI is InChI=1S/C11H17N3O4S2/c1-19(15,16)10-4-3-9(7-13-10)20(17,18)14-8-11(12)5-2-6-11/h3-4,7,14H,2,5-6,8,12H2,1H3. The van der Waals surface area contributed by atoms with Gasteiger partial charge in [-0.2, -0.15) is 0 Å². The average Bonchev–Trinajstić information content (AvgIpc) is 2.33. The van der Waals surface area contributed by atoms with E-state index in [-0.39, 0.29) is 16.5 Å². The van der Waals surface area contributed by atoms with Crippen molar-refractivity contribution in [3.8, 4) is 0 Å². The predicted octanol–water partition coefficient (Wildman–Crippen LogP) is -0.355. The van der Waals surface area contributed by atoms with Crippen LogP contribution in [0.25, 0.3) is 0 Å². The largest absolute Gasteiger partial charge is 0.324 e. The van der Waals surface area contributed by atoms with Crippen LogP contribution in [0, 0.1) is 0 Å². The summed E-state index contributed by atoms with van der Waals surface area (Å²) in [6, 6.07) is 2.39. The SMILES string of the molecule is CS(=O)(=O)c1ccc(S(=O)(=O)NCC2(N)CCC2)cn1. The molecule has 0 aliphatic heterocycles. The molecule has 20 heavy (non-hydrogen) atoms. The topological polar surface area (TPSA) is 119 Å². The zero-order chi connectivity index (χ0) is 15.0. The first-order valence-corrected chi connectivity index (χ1v) is 9.45. The number of rotatable bonds is 5. The zero-order valence-corrected chi connectivity index (χ0v) is 12.7. The lowest BCUT2D eigenvalue weighted by Gasteiger charge is -2.37. The van der Waals surface area contributed by atoms with Gasteiger partial charge >= 0.3 is 0 Å². The van der Waals surface area contributed by atoms with Crippen LogP contribution in [0.15, 0.2) is 28.3 Å². The van der Waals surface area contributed by atoms with Crippen molar-refractivity contribution < 1.29 is 16.8 Å². The molecule has 0 amide bonds. The Morgan fingerprint density at radius 2 is 1.95 bits per heavy atom. The Bertz CT molecular complexity index is 692. The van der Waals surface area contributed by atoms with Gasteiger partial charge in [-0.3, -0.25) is 0 Å². The Balaban J connectivity index is 2.13. The molecular weight excluding hydrogens is 302 g/mol. The van der Waals surface area contributed by atoms with Crippen molar-refractivity contribution in [2.75, 3.05) is 12.8 Å². The maximum absolute atomic E-state index is 12.0. The van der Waals surface area contributed by atoms with Crippen LogP contribution in [0.3, 0.4) is 0 Å². The summed E-state index contributed by atoms with van der Waals surface area (Å²) in [4.78, 5) is 3.58. The third-order valence-corrected chi connectivity index (χ3v) is 5.75. The smallest absolute Gasteiger partial charge is 0.242 e. The number of nitrogens with one attached hydrogen (secondary N) is 1. The van der Waals surface area contributed by atoms with Gasteiger partial charge in [0.2, 0.25) is 10.0 Å². The Kier molecular flexibility index (Phi) is 3.89. The van der Waals surface area contributed by atoms with E-state index in [1.807, 2.05) is 0 Å². The number of pyridine rings is 1. The fraction of sp³-hybridized carbons (Fsp3) is 0.545. The molecule has 0 aromatic carbocycles. The van der Waals surface area contributed by atoms with Crippen LogP contribution in [0.2, 0.25) is 0 Å². The average molecular weight is 319 g/mol. The van der Waals surface area contributed by atoms with Gasteiger partial charge in [0.05, 0.1) is 0 Å². The summed E-state index contributed by atoms with van der Waals surface area (Å²) in [5.41, 5.74) is 5.48. The molecule has 7 nitrogen and oxygen atoms in total. The summed E-state index contributed by atoms with van der Waals surface area (Å²) >= 11 is 0. The van der Waals surface area contributed by atoms with Gasteiger partial charge in [-0.25, -0.2) is 26.5 Å². The van der Waals surface area contributed by atoms with Gasteiger partial charge in [0, 0.05) is 24.5 Å². The minimum Gasteiger partial charge on any atom is -0.324 e. The van der Waals surface area contributed by atoms with E-state index in [1.165, 1.54) is 12.1 Å². The van der Waals surface area contributed by atoms with Crippen molar-refractivity contribution in [2.24, 2.45) is 5.73 Å². The first-order chi connectivity index (χ1) is 9.12. The van der Waals surface area contributed by atoms with E-state index >= 15 is 0 Å². The summed E-state index contributed by atoms with van der Waals surface area (Å²) in [6.45, 7) is 0.170. The van der Waals surface area contributed by atoms with Crippen LogP contribution in [-0.4, -0.2) is 40.2 Å². The van der Waals surface area contributed by atoms with Gasteiger partial charge in [-0.05, 0) is 31.4 Å². The molecule has 0 spiro atoms. The molecule has 112 valence electrons. The highest BCUT2D eigenvalue weighted by molar-refractivity contribution is 7.90. The third-order valence-electron chi connectivity index (χ3n) is 3.36. The van der Waals surface area contributed by atoms with Crippen molar-refractivity contribution in [3.63, 3.8) is 0 Å². The molecule has 0 radical (unpaired) electrons. The molecule has 0 atom stereocenters. The van der Waals surface area contributed by atoms with E-state index < -0.39 is 25.4 Å². The van der Waals surface area contributed by atoms with Crippen molar-refractivity contribution in [3.05, 3.63) is 18.3 Å². The molecule has 1 aromatic heterocycles. The van der Waals surface area contributed by atoms with Crippen LogP contribution in [0.4, 0.5) is 0 Å². The molecule has 0 bridgehead atoms. The van der Waals surface area contributed by atoms with Crippen molar-refractivity contribution >= 4 is 19.9 Å². The monoisotopic (exact) mass is 319 g/mol. The number of nitrogens with two attached hydrogens (primary N) is 1. The van der Waals surface area contributed by atoms with E-state index in [2.05, 4.69) is 9.71 Å². The van der Waals surface area contributed by atoms with Crippen LogP contribution in [-0.2, 0) is 19.9 Å². The summed E-state index contributed by atoms with van der Waals surface area (Å²) in [7, 11) is -7.16. The number of hydrogen-bond acceptors (Lipinski definition) is 6. The molecule has 1 aromatic rings. The van der Waals surface area contributed by atoms with Gasteiger partial charge in [-0.1, -0.05) is 0 Å². The maximum Gasteiger partial charge on any atom is 0.242 e. The van der Waals surface area contributed by atoms with E-state index in [0.717, 1.165) is 31.7 Å². The summed E-state index contributed by atoms with van der Waals surface area (Å²) in [5.74, 6) is 0. The first kappa shape index (κ1) is 15.4. The molecule has 2 rings (SSSR count). The summed E-state index contributed by atoms with van der Waals surface area (Å²) < 4.78 is 49.0. The second-order valence-corrected chi connectivity index (χ2v) is 8.87. The van der Waals surface area contributed by atoms with Crippen molar-refractivity contribution in [1.82, 2.24) is 9.71 Å². The normalized spacial score (nSPS) is 18.5. The van der Waals surface area contributed by atoms with Crippen LogP contribution >= 0.6 is 0 Å². The van der Waals surface area contributed by atoms with Crippen LogP contribution in [0.1, 0.15) is 19.3 Å². The fourth-order valence-electron chi connectivity index (χ4n) is 1.87. The minimum absolute atomic E-state index is 0.0761. The second-order valence-electron chi connectivity index (χ2n) is 5.14. The van der Waals surface area contributed by atoms with Gasteiger partial charge in [0.1, 0.15) is 4.90 Å². The number of aromatic nitrogens is 1. The molecule has 9 heteroatoms. The number of sulfonamides is 1. The first-order valence-electron chi connectivity index (χ1n) is 6.07. The van der Waals surface area contributed by atoms with E-state index in [4.69, 9.17) is 5.73 Å². The molecule has 1 aliphatic carbocycles. The third kappa shape index (κ3) is 3.35. The predicted molar refractivity (Wildman–Crippen MR) is 73.3 cm³/mol. The highest BCUT2D eigenvalue weighted by atomic mass is 32.2. The highest BCUT2D eigenvalue weighted by Gasteiger charge is 2.33. The Morgan fingerprint density at radius 3 is 2.35 bits per heavy atom. The Hall–Kier alpha value is -1.03. The molecule has 1 aliphatic rings. The number of hydrogen-bond donors (Lipinski definition) is 2. The molecule has 0 saturated heterocycles. The lowest BCUT2D eigenvalue weighted by molar-refractivity contribution is 0.251. The van der Waals surface area contributed by atoms with Gasteiger partial charge < -0.3 is 5.73 Å².